The zero-order chi connectivity index (χ0) is 21.3. The molecule has 4 rings (SSSR count). The molecule has 4 N–H and O–H groups in total. The molecule has 0 bridgehead atoms. The fourth-order valence-corrected chi connectivity index (χ4v) is 3.53. The van der Waals surface area contributed by atoms with E-state index in [0.717, 1.165) is 18.5 Å². The summed E-state index contributed by atoms with van der Waals surface area (Å²) in [6, 6.07) is 7.42. The van der Waals surface area contributed by atoms with Gasteiger partial charge in [-0.1, -0.05) is 5.21 Å². The fourth-order valence-electron chi connectivity index (χ4n) is 3.53. The van der Waals surface area contributed by atoms with Gasteiger partial charge in [-0.2, -0.15) is 9.67 Å². The van der Waals surface area contributed by atoms with Crippen molar-refractivity contribution in [3.8, 4) is 11.4 Å². The number of aromatic nitrogens is 5. The smallest absolute Gasteiger partial charge is 0.225 e. The maximum atomic E-state index is 11.4. The van der Waals surface area contributed by atoms with Crippen molar-refractivity contribution in [1.82, 2.24) is 25.0 Å². The molecule has 10 nitrogen and oxygen atoms in total. The van der Waals surface area contributed by atoms with Crippen molar-refractivity contribution >= 4 is 23.0 Å². The Morgan fingerprint density at radius 1 is 1.33 bits per heavy atom. The Balaban J connectivity index is 1.54. The molecule has 0 saturated heterocycles. The van der Waals surface area contributed by atoms with Crippen LogP contribution in [0, 0.1) is 5.92 Å². The Morgan fingerprint density at radius 2 is 2.10 bits per heavy atom. The third-order valence-electron chi connectivity index (χ3n) is 5.22. The number of nitrogens with one attached hydrogen (secondary N) is 1. The fraction of sp³-hybridized carbons (Fsp3) is 0.450. The van der Waals surface area contributed by atoms with Gasteiger partial charge < -0.3 is 20.9 Å². The molecule has 2 heterocycles. The number of aliphatic hydroxyl groups excluding tert-OH is 1. The van der Waals surface area contributed by atoms with Crippen molar-refractivity contribution in [3.63, 3.8) is 0 Å². The number of aliphatic hydroxyl groups is 1. The SMILES string of the molecule is CC(C)(CO)Oc1ccc(-n2nnc3cnc(N[C@@H]4CC[C@@H](C(N)=O)C4)nc32)cc1. The Hall–Kier alpha value is -3.27. The molecule has 1 amide bonds. The predicted octanol–water partition coefficient (Wildman–Crippen LogP) is 1.43. The number of ether oxygens (including phenoxy) is 1. The van der Waals surface area contributed by atoms with E-state index in [1.54, 1.807) is 10.9 Å². The monoisotopic (exact) mass is 411 g/mol. The van der Waals surface area contributed by atoms with Gasteiger partial charge in [0.25, 0.3) is 0 Å². The van der Waals surface area contributed by atoms with Crippen molar-refractivity contribution < 1.29 is 14.6 Å². The molecule has 0 spiro atoms. The van der Waals surface area contributed by atoms with Gasteiger partial charge in [0.2, 0.25) is 11.9 Å². The van der Waals surface area contributed by atoms with Gasteiger partial charge in [-0.3, -0.25) is 4.79 Å². The van der Waals surface area contributed by atoms with E-state index >= 15 is 0 Å². The van der Waals surface area contributed by atoms with Gasteiger partial charge in [0, 0.05) is 12.0 Å². The highest BCUT2D eigenvalue weighted by molar-refractivity contribution is 5.77. The lowest BCUT2D eigenvalue weighted by molar-refractivity contribution is -0.121. The molecule has 158 valence electrons. The van der Waals surface area contributed by atoms with Gasteiger partial charge in [0.1, 0.15) is 11.4 Å². The van der Waals surface area contributed by atoms with Crippen LogP contribution in [-0.4, -0.2) is 54.2 Å². The average Bonchev–Trinajstić information content (AvgIpc) is 3.35. The first-order chi connectivity index (χ1) is 14.3. The Bertz CT molecular complexity index is 1050. The summed E-state index contributed by atoms with van der Waals surface area (Å²) in [6.45, 7) is 3.54. The van der Waals surface area contributed by atoms with Gasteiger partial charge in [-0.25, -0.2) is 4.98 Å². The third-order valence-corrected chi connectivity index (χ3v) is 5.22. The van der Waals surface area contributed by atoms with Crippen molar-refractivity contribution in [1.29, 1.82) is 0 Å². The highest BCUT2D eigenvalue weighted by atomic mass is 16.5. The second-order valence-electron chi connectivity index (χ2n) is 8.17. The first kappa shape index (κ1) is 20.0. The first-order valence-electron chi connectivity index (χ1n) is 9.89. The Kier molecular flexibility index (Phi) is 5.25. The maximum absolute atomic E-state index is 11.4. The number of primary amides is 1. The average molecular weight is 411 g/mol. The summed E-state index contributed by atoms with van der Waals surface area (Å²) in [5.41, 5.74) is 6.66. The number of benzene rings is 1. The first-order valence-corrected chi connectivity index (χ1v) is 9.89. The molecule has 0 unspecified atom stereocenters. The third kappa shape index (κ3) is 4.18. The molecule has 1 aliphatic rings. The maximum Gasteiger partial charge on any atom is 0.225 e. The van der Waals surface area contributed by atoms with Crippen LogP contribution in [0.15, 0.2) is 30.5 Å². The number of amides is 1. The standard InChI is InChI=1S/C20H25N7O3/c1-20(2,11-28)30-15-7-5-14(6-8-15)27-18-16(25-26-27)10-22-19(24-18)23-13-4-3-12(9-13)17(21)29/h5-8,10,12-13,28H,3-4,9,11H2,1-2H3,(H2,21,29)(H,22,23,24)/t12-,13-/m1/s1. The highest BCUT2D eigenvalue weighted by Crippen LogP contribution is 2.27. The van der Waals surface area contributed by atoms with E-state index in [1.165, 1.54) is 0 Å². The number of carbonyl (C=O) groups is 1. The summed E-state index contributed by atoms with van der Waals surface area (Å²) in [6.07, 6.45) is 3.92. The number of hydrogen-bond donors (Lipinski definition) is 3. The van der Waals surface area contributed by atoms with Crippen molar-refractivity contribution in [2.24, 2.45) is 11.7 Å². The van der Waals surface area contributed by atoms with E-state index in [4.69, 9.17) is 10.5 Å². The Morgan fingerprint density at radius 3 is 2.77 bits per heavy atom. The number of anilines is 1. The van der Waals surface area contributed by atoms with Crippen LogP contribution >= 0.6 is 0 Å². The largest absolute Gasteiger partial charge is 0.485 e. The van der Waals surface area contributed by atoms with Crippen molar-refractivity contribution in [3.05, 3.63) is 30.5 Å². The molecular formula is C20H25N7O3. The number of rotatable bonds is 7. The number of nitrogens with two attached hydrogens (primary N) is 1. The molecule has 1 aliphatic carbocycles. The zero-order valence-electron chi connectivity index (χ0n) is 16.9. The Labute approximate surface area is 173 Å². The van der Waals surface area contributed by atoms with Gasteiger partial charge >= 0.3 is 0 Å². The van der Waals surface area contributed by atoms with Crippen LogP contribution in [0.2, 0.25) is 0 Å². The molecular weight excluding hydrogens is 386 g/mol. The minimum Gasteiger partial charge on any atom is -0.485 e. The van der Waals surface area contributed by atoms with Crippen LogP contribution < -0.4 is 15.8 Å². The number of nitrogens with zero attached hydrogens (tertiary/aromatic N) is 5. The lowest BCUT2D eigenvalue weighted by Gasteiger charge is -2.23. The van der Waals surface area contributed by atoms with E-state index in [9.17, 15) is 9.90 Å². The summed E-state index contributed by atoms with van der Waals surface area (Å²) in [7, 11) is 0. The van der Waals surface area contributed by atoms with Crippen LogP contribution in [0.4, 0.5) is 5.95 Å². The minimum absolute atomic E-state index is 0.0870. The van der Waals surface area contributed by atoms with E-state index in [1.807, 2.05) is 38.1 Å². The van der Waals surface area contributed by atoms with Crippen LogP contribution in [0.5, 0.6) is 5.75 Å². The predicted molar refractivity (Wildman–Crippen MR) is 110 cm³/mol. The van der Waals surface area contributed by atoms with Gasteiger partial charge in [-0.15, -0.1) is 5.10 Å². The van der Waals surface area contributed by atoms with E-state index in [2.05, 4.69) is 25.6 Å². The summed E-state index contributed by atoms with van der Waals surface area (Å²) >= 11 is 0. The highest BCUT2D eigenvalue weighted by Gasteiger charge is 2.29. The molecule has 2 aromatic heterocycles. The topological polar surface area (TPSA) is 141 Å². The van der Waals surface area contributed by atoms with E-state index in [0.29, 0.717) is 29.3 Å². The number of hydrogen-bond acceptors (Lipinski definition) is 8. The second-order valence-corrected chi connectivity index (χ2v) is 8.17. The summed E-state index contributed by atoms with van der Waals surface area (Å²) in [4.78, 5) is 20.3. The summed E-state index contributed by atoms with van der Waals surface area (Å²) in [5.74, 6) is 0.748. The normalized spacial score (nSPS) is 19.2. The second kappa shape index (κ2) is 7.86. The van der Waals surface area contributed by atoms with Crippen LogP contribution in [0.1, 0.15) is 33.1 Å². The number of carbonyl (C=O) groups excluding carboxylic acids is 1. The molecule has 1 fully saturated rings. The van der Waals surface area contributed by atoms with Crippen molar-refractivity contribution in [2.45, 2.75) is 44.8 Å². The molecule has 0 aliphatic heterocycles. The number of fused-ring (bicyclic) bond motifs is 1. The molecule has 3 aromatic rings. The van der Waals surface area contributed by atoms with E-state index < -0.39 is 5.60 Å². The zero-order valence-corrected chi connectivity index (χ0v) is 16.9. The minimum atomic E-state index is -0.664. The van der Waals surface area contributed by atoms with Crippen LogP contribution in [0.3, 0.4) is 0 Å². The van der Waals surface area contributed by atoms with Crippen molar-refractivity contribution in [2.75, 3.05) is 11.9 Å². The lowest BCUT2D eigenvalue weighted by Crippen LogP contribution is -2.32. The summed E-state index contributed by atoms with van der Waals surface area (Å²) in [5, 5.41) is 21.0. The molecule has 30 heavy (non-hydrogen) atoms. The molecule has 10 heteroatoms. The quantitative estimate of drug-likeness (QED) is 0.530. The summed E-state index contributed by atoms with van der Waals surface area (Å²) < 4.78 is 7.39. The van der Waals surface area contributed by atoms with Gasteiger partial charge in [0.05, 0.1) is 18.5 Å². The molecule has 0 radical (unpaired) electrons. The van der Waals surface area contributed by atoms with Gasteiger partial charge in [0.15, 0.2) is 11.2 Å². The van der Waals surface area contributed by atoms with Crippen LogP contribution in [-0.2, 0) is 4.79 Å². The van der Waals surface area contributed by atoms with Crippen LogP contribution in [0.25, 0.3) is 16.9 Å². The molecule has 1 saturated carbocycles. The van der Waals surface area contributed by atoms with E-state index in [-0.39, 0.29) is 24.5 Å². The lowest BCUT2D eigenvalue weighted by atomic mass is 10.1. The van der Waals surface area contributed by atoms with Gasteiger partial charge in [-0.05, 0) is 57.4 Å². The molecule has 2 atom stereocenters. The molecule has 1 aromatic carbocycles.